The third-order valence-electron chi connectivity index (χ3n) is 6.24. The summed E-state index contributed by atoms with van der Waals surface area (Å²) in [5, 5.41) is 2.81. The molecule has 0 fully saturated rings. The molecule has 1 aliphatic rings. The van der Waals surface area contributed by atoms with Crippen LogP contribution in [-0.4, -0.2) is 64.6 Å². The predicted molar refractivity (Wildman–Crippen MR) is 143 cm³/mol. The smallest absolute Gasteiger partial charge is 0.410 e. The highest BCUT2D eigenvalue weighted by Gasteiger charge is 2.39. The van der Waals surface area contributed by atoms with Crippen LogP contribution in [0, 0.1) is 5.92 Å². The first-order valence-electron chi connectivity index (χ1n) is 12.8. The zero-order valence-electron chi connectivity index (χ0n) is 22.9. The van der Waals surface area contributed by atoms with E-state index in [0.717, 1.165) is 5.56 Å². The SMILES string of the molecule is CC(C)N(CC(CN1C(=O)c2ccccc2C1=O)[C@@H](C)NC(=O)OC(C)(C)C)C(=O)OCc1ccccc1. The van der Waals surface area contributed by atoms with Crippen LogP contribution in [-0.2, 0) is 16.1 Å². The van der Waals surface area contributed by atoms with Crippen molar-refractivity contribution in [1.82, 2.24) is 15.1 Å². The molecule has 9 heteroatoms. The molecule has 0 bridgehead atoms. The monoisotopic (exact) mass is 523 g/mol. The van der Waals surface area contributed by atoms with Gasteiger partial charge in [-0.15, -0.1) is 0 Å². The van der Waals surface area contributed by atoms with Gasteiger partial charge in [-0.1, -0.05) is 42.5 Å². The van der Waals surface area contributed by atoms with Gasteiger partial charge in [-0.05, 0) is 59.2 Å². The van der Waals surface area contributed by atoms with E-state index in [-0.39, 0.29) is 25.7 Å². The molecular weight excluding hydrogens is 486 g/mol. The number of benzene rings is 2. The second kappa shape index (κ2) is 12.1. The zero-order chi connectivity index (χ0) is 28.0. The number of imide groups is 1. The lowest BCUT2D eigenvalue weighted by Gasteiger charge is -2.35. The fourth-order valence-electron chi connectivity index (χ4n) is 4.18. The quantitative estimate of drug-likeness (QED) is 0.471. The number of alkyl carbamates (subject to hydrolysis) is 1. The molecule has 38 heavy (non-hydrogen) atoms. The molecule has 0 aliphatic carbocycles. The minimum Gasteiger partial charge on any atom is -0.445 e. The van der Waals surface area contributed by atoms with Crippen molar-refractivity contribution < 1.29 is 28.7 Å². The van der Waals surface area contributed by atoms with Crippen LogP contribution >= 0.6 is 0 Å². The van der Waals surface area contributed by atoms with Gasteiger partial charge in [-0.3, -0.25) is 14.5 Å². The lowest BCUT2D eigenvalue weighted by molar-refractivity contribution is 0.0446. The van der Waals surface area contributed by atoms with Crippen LogP contribution in [0.4, 0.5) is 9.59 Å². The van der Waals surface area contributed by atoms with E-state index in [9.17, 15) is 19.2 Å². The Morgan fingerprint density at radius 2 is 1.47 bits per heavy atom. The van der Waals surface area contributed by atoms with Gasteiger partial charge < -0.3 is 19.7 Å². The minimum absolute atomic E-state index is 0.00149. The lowest BCUT2D eigenvalue weighted by atomic mass is 9.99. The number of nitrogens with zero attached hydrogens (tertiary/aromatic N) is 2. The zero-order valence-corrected chi connectivity index (χ0v) is 22.9. The van der Waals surface area contributed by atoms with Crippen LogP contribution in [0.1, 0.15) is 67.8 Å². The second-order valence-corrected chi connectivity index (χ2v) is 10.7. The summed E-state index contributed by atoms with van der Waals surface area (Å²) in [6.07, 6.45) is -1.15. The highest BCUT2D eigenvalue weighted by atomic mass is 16.6. The van der Waals surface area contributed by atoms with Gasteiger partial charge in [-0.2, -0.15) is 0 Å². The Hall–Kier alpha value is -3.88. The molecule has 2 aromatic rings. The van der Waals surface area contributed by atoms with Gasteiger partial charge in [0.1, 0.15) is 12.2 Å². The van der Waals surface area contributed by atoms with Crippen molar-refractivity contribution in [2.45, 2.75) is 65.8 Å². The molecule has 1 unspecified atom stereocenters. The standard InChI is InChI=1S/C29H37N3O6/c1-19(2)31(28(36)37-18-21-12-8-7-9-13-21)16-22(20(3)30-27(35)38-29(4,5)6)17-32-25(33)23-14-10-11-15-24(23)26(32)34/h7-15,19-20,22H,16-18H2,1-6H3,(H,30,35)/t20-,22?/m1/s1. The Kier molecular flexibility index (Phi) is 9.14. The molecule has 1 heterocycles. The van der Waals surface area contributed by atoms with Gasteiger partial charge in [0.15, 0.2) is 0 Å². The molecule has 2 aromatic carbocycles. The third-order valence-corrected chi connectivity index (χ3v) is 6.24. The van der Waals surface area contributed by atoms with Gasteiger partial charge >= 0.3 is 12.2 Å². The summed E-state index contributed by atoms with van der Waals surface area (Å²) in [7, 11) is 0. The molecule has 9 nitrogen and oxygen atoms in total. The molecule has 2 atom stereocenters. The van der Waals surface area contributed by atoms with Gasteiger partial charge in [0.25, 0.3) is 11.8 Å². The van der Waals surface area contributed by atoms with Gasteiger partial charge in [0, 0.05) is 31.1 Å². The molecule has 3 rings (SSSR count). The summed E-state index contributed by atoms with van der Waals surface area (Å²) in [6, 6.07) is 15.2. The first-order chi connectivity index (χ1) is 17.9. The van der Waals surface area contributed by atoms with Crippen LogP contribution < -0.4 is 5.32 Å². The van der Waals surface area contributed by atoms with Crippen LogP contribution in [0.15, 0.2) is 54.6 Å². The molecule has 1 N–H and O–H groups in total. The Morgan fingerprint density at radius 1 is 0.921 bits per heavy atom. The van der Waals surface area contributed by atoms with Crippen LogP contribution in [0.5, 0.6) is 0 Å². The number of carbonyl (C=O) groups excluding carboxylic acids is 4. The molecule has 1 aliphatic heterocycles. The summed E-state index contributed by atoms with van der Waals surface area (Å²) in [5.74, 6) is -1.30. The molecule has 0 saturated carbocycles. The number of amides is 4. The Balaban J connectivity index is 1.80. The van der Waals surface area contributed by atoms with E-state index >= 15 is 0 Å². The third kappa shape index (κ3) is 7.34. The van der Waals surface area contributed by atoms with Crippen molar-refractivity contribution in [3.63, 3.8) is 0 Å². The molecule has 0 aromatic heterocycles. The van der Waals surface area contributed by atoms with Crippen molar-refractivity contribution in [1.29, 1.82) is 0 Å². The van der Waals surface area contributed by atoms with Crippen LogP contribution in [0.25, 0.3) is 0 Å². The molecule has 0 radical (unpaired) electrons. The Morgan fingerprint density at radius 3 is 2.00 bits per heavy atom. The molecule has 204 valence electrons. The van der Waals surface area contributed by atoms with Crippen molar-refractivity contribution in [3.8, 4) is 0 Å². The molecule has 0 saturated heterocycles. The number of rotatable bonds is 9. The first kappa shape index (κ1) is 28.7. The largest absolute Gasteiger partial charge is 0.445 e. The molecular formula is C29H37N3O6. The fourth-order valence-corrected chi connectivity index (χ4v) is 4.18. The lowest BCUT2D eigenvalue weighted by Crippen LogP contribution is -2.52. The van der Waals surface area contributed by atoms with E-state index < -0.39 is 41.6 Å². The number of hydrogen-bond donors (Lipinski definition) is 1. The molecule has 4 amide bonds. The van der Waals surface area contributed by atoms with E-state index in [4.69, 9.17) is 9.47 Å². The normalized spacial score (nSPS) is 14.7. The first-order valence-corrected chi connectivity index (χ1v) is 12.8. The summed E-state index contributed by atoms with van der Waals surface area (Å²) in [4.78, 5) is 54.5. The minimum atomic E-state index is -0.701. The van der Waals surface area contributed by atoms with Gasteiger partial charge in [0.2, 0.25) is 0 Å². The van der Waals surface area contributed by atoms with Crippen LogP contribution in [0.3, 0.4) is 0 Å². The summed E-state index contributed by atoms with van der Waals surface area (Å²) in [6.45, 7) is 11.0. The highest BCUT2D eigenvalue weighted by Crippen LogP contribution is 2.25. The average molecular weight is 524 g/mol. The number of carbonyl (C=O) groups is 4. The van der Waals surface area contributed by atoms with Crippen molar-refractivity contribution in [2.75, 3.05) is 13.1 Å². The Bertz CT molecular complexity index is 1120. The predicted octanol–water partition coefficient (Wildman–Crippen LogP) is 4.86. The maximum atomic E-state index is 13.1. The van der Waals surface area contributed by atoms with Crippen molar-refractivity contribution >= 4 is 24.0 Å². The van der Waals surface area contributed by atoms with Crippen LogP contribution in [0.2, 0.25) is 0 Å². The highest BCUT2D eigenvalue weighted by molar-refractivity contribution is 6.21. The number of hydrogen-bond acceptors (Lipinski definition) is 6. The van der Waals surface area contributed by atoms with Crippen molar-refractivity contribution in [2.24, 2.45) is 5.92 Å². The maximum Gasteiger partial charge on any atom is 0.410 e. The van der Waals surface area contributed by atoms with E-state index in [2.05, 4.69) is 5.32 Å². The summed E-state index contributed by atoms with van der Waals surface area (Å²) in [5.41, 5.74) is 0.832. The number of fused-ring (bicyclic) bond motifs is 1. The van der Waals surface area contributed by atoms with E-state index in [1.165, 1.54) is 4.90 Å². The van der Waals surface area contributed by atoms with E-state index in [0.29, 0.717) is 11.1 Å². The topological polar surface area (TPSA) is 105 Å². The number of ether oxygens (including phenoxy) is 2. The average Bonchev–Trinajstić information content (AvgIpc) is 3.08. The Labute approximate surface area is 224 Å². The summed E-state index contributed by atoms with van der Waals surface area (Å²) >= 11 is 0. The summed E-state index contributed by atoms with van der Waals surface area (Å²) < 4.78 is 11.0. The van der Waals surface area contributed by atoms with E-state index in [1.54, 1.807) is 56.9 Å². The van der Waals surface area contributed by atoms with E-state index in [1.807, 2.05) is 44.2 Å². The second-order valence-electron chi connectivity index (χ2n) is 10.7. The molecule has 0 spiro atoms. The fraction of sp³-hybridized carbons (Fsp3) is 0.448. The maximum absolute atomic E-state index is 13.1. The van der Waals surface area contributed by atoms with Gasteiger partial charge in [-0.25, -0.2) is 9.59 Å². The number of nitrogens with one attached hydrogen (secondary N) is 1. The van der Waals surface area contributed by atoms with Gasteiger partial charge in [0.05, 0.1) is 11.1 Å². The van der Waals surface area contributed by atoms with Crippen molar-refractivity contribution in [3.05, 3.63) is 71.3 Å².